The van der Waals surface area contributed by atoms with Crippen molar-refractivity contribution in [2.75, 3.05) is 0 Å². The molecular formula is C14H18O4. The second-order valence-corrected chi connectivity index (χ2v) is 4.91. The highest BCUT2D eigenvalue weighted by Gasteiger charge is 2.14. The third kappa shape index (κ3) is 4.59. The molecule has 98 valence electrons. The summed E-state index contributed by atoms with van der Waals surface area (Å²) < 4.78 is 5.70. The SMILES string of the molecule is CC(C)(C)Oc1ccc(/C=C/C(=O)O)cc1CO. The molecule has 0 unspecified atom stereocenters. The van der Waals surface area contributed by atoms with Crippen LogP contribution in [-0.4, -0.2) is 21.8 Å². The number of hydrogen-bond acceptors (Lipinski definition) is 3. The van der Waals surface area contributed by atoms with Crippen LogP contribution in [-0.2, 0) is 11.4 Å². The largest absolute Gasteiger partial charge is 0.488 e. The minimum absolute atomic E-state index is 0.153. The first-order chi connectivity index (χ1) is 8.31. The molecule has 0 spiro atoms. The molecule has 0 aliphatic heterocycles. The highest BCUT2D eigenvalue weighted by molar-refractivity contribution is 5.85. The zero-order chi connectivity index (χ0) is 13.8. The van der Waals surface area contributed by atoms with Gasteiger partial charge in [-0.2, -0.15) is 0 Å². The molecule has 1 rings (SSSR count). The van der Waals surface area contributed by atoms with Crippen molar-refractivity contribution in [3.8, 4) is 5.75 Å². The van der Waals surface area contributed by atoms with Crippen LogP contribution in [0.25, 0.3) is 6.08 Å². The molecule has 0 fully saturated rings. The van der Waals surface area contributed by atoms with Crippen LogP contribution in [0.2, 0.25) is 0 Å². The molecule has 18 heavy (non-hydrogen) atoms. The molecule has 1 aromatic carbocycles. The molecule has 0 amide bonds. The molecule has 0 aliphatic carbocycles. The van der Waals surface area contributed by atoms with E-state index in [-0.39, 0.29) is 12.2 Å². The minimum atomic E-state index is -1.00. The number of carboxylic acids is 1. The molecule has 2 N–H and O–H groups in total. The third-order valence-corrected chi connectivity index (χ3v) is 2.09. The smallest absolute Gasteiger partial charge is 0.328 e. The predicted molar refractivity (Wildman–Crippen MR) is 69.4 cm³/mol. The highest BCUT2D eigenvalue weighted by Crippen LogP contribution is 2.25. The van der Waals surface area contributed by atoms with Crippen molar-refractivity contribution in [2.24, 2.45) is 0 Å². The van der Waals surface area contributed by atoms with Crippen LogP contribution in [0.15, 0.2) is 24.3 Å². The standard InChI is InChI=1S/C14H18O4/c1-14(2,3)18-12-6-4-10(5-7-13(16)17)8-11(12)9-15/h4-8,15H,9H2,1-3H3,(H,16,17)/b7-5+. The number of aliphatic hydroxyl groups excluding tert-OH is 1. The van der Waals surface area contributed by atoms with Gasteiger partial charge in [0.2, 0.25) is 0 Å². The first kappa shape index (κ1) is 14.3. The summed E-state index contributed by atoms with van der Waals surface area (Å²) in [6, 6.07) is 5.19. The summed E-state index contributed by atoms with van der Waals surface area (Å²) >= 11 is 0. The predicted octanol–water partition coefficient (Wildman–Crippen LogP) is 2.45. The molecule has 4 nitrogen and oxygen atoms in total. The first-order valence-corrected chi connectivity index (χ1v) is 5.65. The van der Waals surface area contributed by atoms with Crippen LogP contribution < -0.4 is 4.74 Å². The van der Waals surface area contributed by atoms with Gasteiger partial charge in [-0.05, 0) is 44.5 Å². The Bertz CT molecular complexity index is 455. The fourth-order valence-corrected chi connectivity index (χ4v) is 1.42. The van der Waals surface area contributed by atoms with E-state index in [1.807, 2.05) is 20.8 Å². The van der Waals surface area contributed by atoms with Crippen molar-refractivity contribution in [3.05, 3.63) is 35.4 Å². The second kappa shape index (κ2) is 5.69. The Balaban J connectivity index is 3.00. The number of benzene rings is 1. The second-order valence-electron chi connectivity index (χ2n) is 4.91. The average molecular weight is 250 g/mol. The quantitative estimate of drug-likeness (QED) is 0.805. The highest BCUT2D eigenvalue weighted by atomic mass is 16.5. The van der Waals surface area contributed by atoms with Crippen molar-refractivity contribution in [1.29, 1.82) is 0 Å². The van der Waals surface area contributed by atoms with Crippen molar-refractivity contribution >= 4 is 12.0 Å². The number of carboxylic acid groups (broad SMARTS) is 1. The van der Waals surface area contributed by atoms with Crippen molar-refractivity contribution in [1.82, 2.24) is 0 Å². The van der Waals surface area contributed by atoms with Gasteiger partial charge in [0, 0.05) is 11.6 Å². The molecule has 0 radical (unpaired) electrons. The first-order valence-electron chi connectivity index (χ1n) is 5.65. The van der Waals surface area contributed by atoms with Gasteiger partial charge in [-0.15, -0.1) is 0 Å². The summed E-state index contributed by atoms with van der Waals surface area (Å²) in [4.78, 5) is 10.4. The van der Waals surface area contributed by atoms with Crippen LogP contribution in [0.3, 0.4) is 0 Å². The molecule has 0 aliphatic rings. The monoisotopic (exact) mass is 250 g/mol. The summed E-state index contributed by atoms with van der Waals surface area (Å²) in [6.07, 6.45) is 2.53. The zero-order valence-corrected chi connectivity index (χ0v) is 10.8. The van der Waals surface area contributed by atoms with E-state index in [1.54, 1.807) is 18.2 Å². The molecule has 0 bridgehead atoms. The fourth-order valence-electron chi connectivity index (χ4n) is 1.42. The van der Waals surface area contributed by atoms with Crippen LogP contribution in [0.4, 0.5) is 0 Å². The van der Waals surface area contributed by atoms with E-state index < -0.39 is 5.97 Å². The molecule has 0 atom stereocenters. The van der Waals surface area contributed by atoms with Crippen molar-refractivity contribution in [3.63, 3.8) is 0 Å². The lowest BCUT2D eigenvalue weighted by Gasteiger charge is -2.23. The molecule has 0 saturated carbocycles. The van der Waals surface area contributed by atoms with Crippen LogP contribution in [0.5, 0.6) is 5.75 Å². The summed E-state index contributed by atoms with van der Waals surface area (Å²) in [5.74, 6) is -0.395. The van der Waals surface area contributed by atoms with E-state index in [2.05, 4.69) is 0 Å². The molecule has 1 aromatic rings. The number of ether oxygens (including phenoxy) is 1. The zero-order valence-electron chi connectivity index (χ0n) is 10.8. The third-order valence-electron chi connectivity index (χ3n) is 2.09. The van der Waals surface area contributed by atoms with Gasteiger partial charge in [-0.1, -0.05) is 6.07 Å². The summed E-state index contributed by atoms with van der Waals surface area (Å²) in [7, 11) is 0. The van der Waals surface area contributed by atoms with Crippen molar-refractivity contribution in [2.45, 2.75) is 33.0 Å². The van der Waals surface area contributed by atoms with Crippen molar-refractivity contribution < 1.29 is 19.7 Å². The van der Waals surface area contributed by atoms with Gasteiger partial charge in [-0.3, -0.25) is 0 Å². The van der Waals surface area contributed by atoms with Crippen LogP contribution >= 0.6 is 0 Å². The number of aliphatic hydroxyl groups is 1. The topological polar surface area (TPSA) is 66.8 Å². The minimum Gasteiger partial charge on any atom is -0.488 e. The Hall–Kier alpha value is -1.81. The van der Waals surface area contributed by atoms with E-state index >= 15 is 0 Å². The Morgan fingerprint density at radius 1 is 1.39 bits per heavy atom. The van der Waals surface area contributed by atoms with Gasteiger partial charge in [-0.25, -0.2) is 4.79 Å². The molecular weight excluding hydrogens is 232 g/mol. The molecule has 0 saturated heterocycles. The van der Waals surface area contributed by atoms with E-state index in [4.69, 9.17) is 9.84 Å². The van der Waals surface area contributed by atoms with Gasteiger partial charge in [0.15, 0.2) is 0 Å². The van der Waals surface area contributed by atoms with E-state index in [1.165, 1.54) is 6.08 Å². The number of rotatable bonds is 4. The molecule has 0 aromatic heterocycles. The Morgan fingerprint density at radius 3 is 2.56 bits per heavy atom. The summed E-state index contributed by atoms with van der Waals surface area (Å²) in [5, 5.41) is 17.8. The maximum absolute atomic E-state index is 10.4. The lowest BCUT2D eigenvalue weighted by molar-refractivity contribution is -0.131. The maximum atomic E-state index is 10.4. The fraction of sp³-hybridized carbons (Fsp3) is 0.357. The summed E-state index contributed by atoms with van der Waals surface area (Å²) in [5.41, 5.74) is 1.00. The Morgan fingerprint density at radius 2 is 2.06 bits per heavy atom. The van der Waals surface area contributed by atoms with Gasteiger partial charge in [0.1, 0.15) is 11.4 Å². The van der Waals surface area contributed by atoms with Crippen LogP contribution in [0.1, 0.15) is 31.9 Å². The molecule has 4 heteroatoms. The van der Waals surface area contributed by atoms with E-state index in [0.29, 0.717) is 16.9 Å². The van der Waals surface area contributed by atoms with Gasteiger partial charge in [0.05, 0.1) is 6.61 Å². The van der Waals surface area contributed by atoms with Gasteiger partial charge >= 0.3 is 5.97 Å². The van der Waals surface area contributed by atoms with Crippen LogP contribution in [0, 0.1) is 0 Å². The summed E-state index contributed by atoms with van der Waals surface area (Å²) in [6.45, 7) is 5.62. The maximum Gasteiger partial charge on any atom is 0.328 e. The Kier molecular flexibility index (Phi) is 4.50. The van der Waals surface area contributed by atoms with E-state index in [0.717, 1.165) is 6.08 Å². The normalized spacial score (nSPS) is 11.8. The lowest BCUT2D eigenvalue weighted by atomic mass is 10.1. The van der Waals surface area contributed by atoms with E-state index in [9.17, 15) is 9.90 Å². The number of carbonyl (C=O) groups is 1. The van der Waals surface area contributed by atoms with Gasteiger partial charge in [0.25, 0.3) is 0 Å². The Labute approximate surface area is 107 Å². The molecule has 0 heterocycles. The number of aliphatic carboxylic acids is 1. The average Bonchev–Trinajstić information content (AvgIpc) is 2.25. The van der Waals surface area contributed by atoms with Gasteiger partial charge < -0.3 is 14.9 Å². The number of hydrogen-bond donors (Lipinski definition) is 2. The lowest BCUT2D eigenvalue weighted by Crippen LogP contribution is -2.23.